The normalized spacial score (nSPS) is 14.8. The van der Waals surface area contributed by atoms with Gasteiger partial charge in [-0.2, -0.15) is 4.31 Å². The summed E-state index contributed by atoms with van der Waals surface area (Å²) in [4.78, 5) is 12.3. The fraction of sp³-hybridized carbons (Fsp3) is 0.350. The SMILES string of the molecule is COc1ccc(C(=O)OCCOc2ccc(Cl)cc2Cl)cc1S(=O)(=O)N1CCOCC1. The van der Waals surface area contributed by atoms with Crippen LogP contribution in [0, 0.1) is 0 Å². The number of sulfonamides is 1. The molecular weight excluding hydrogens is 469 g/mol. The zero-order valence-corrected chi connectivity index (χ0v) is 19.0. The van der Waals surface area contributed by atoms with Gasteiger partial charge in [0.2, 0.25) is 10.0 Å². The Balaban J connectivity index is 1.66. The smallest absolute Gasteiger partial charge is 0.338 e. The molecule has 11 heteroatoms. The van der Waals surface area contributed by atoms with E-state index in [0.29, 0.717) is 29.0 Å². The van der Waals surface area contributed by atoms with Gasteiger partial charge >= 0.3 is 5.97 Å². The summed E-state index contributed by atoms with van der Waals surface area (Å²) in [5.74, 6) is -0.138. The zero-order valence-electron chi connectivity index (χ0n) is 16.7. The number of carbonyl (C=O) groups excluding carboxylic acids is 1. The lowest BCUT2D eigenvalue weighted by molar-refractivity contribution is 0.0450. The fourth-order valence-corrected chi connectivity index (χ4v) is 4.95. The van der Waals surface area contributed by atoms with Crippen LogP contribution in [-0.4, -0.2) is 65.3 Å². The second kappa shape index (κ2) is 10.5. The Bertz CT molecular complexity index is 1040. The van der Waals surface area contributed by atoms with Crippen LogP contribution in [-0.2, 0) is 19.5 Å². The third-order valence-electron chi connectivity index (χ3n) is 4.46. The van der Waals surface area contributed by atoms with Gasteiger partial charge in [0.25, 0.3) is 0 Å². The van der Waals surface area contributed by atoms with Crippen LogP contribution in [0.15, 0.2) is 41.3 Å². The monoisotopic (exact) mass is 489 g/mol. The molecule has 1 aliphatic heterocycles. The van der Waals surface area contributed by atoms with Gasteiger partial charge in [0.05, 0.1) is 30.9 Å². The number of benzene rings is 2. The third kappa shape index (κ3) is 5.81. The molecule has 0 bridgehead atoms. The maximum absolute atomic E-state index is 13.0. The molecule has 3 rings (SSSR count). The van der Waals surface area contributed by atoms with E-state index < -0.39 is 16.0 Å². The Morgan fingerprint density at radius 2 is 1.77 bits per heavy atom. The number of rotatable bonds is 8. The van der Waals surface area contributed by atoms with Crippen molar-refractivity contribution in [2.75, 3.05) is 46.6 Å². The molecule has 2 aromatic rings. The van der Waals surface area contributed by atoms with Gasteiger partial charge < -0.3 is 18.9 Å². The molecule has 0 saturated carbocycles. The van der Waals surface area contributed by atoms with E-state index in [1.165, 1.54) is 35.7 Å². The Hall–Kier alpha value is -2.04. The average Bonchev–Trinajstić information content (AvgIpc) is 2.77. The maximum Gasteiger partial charge on any atom is 0.338 e. The number of esters is 1. The summed E-state index contributed by atoms with van der Waals surface area (Å²) in [6.45, 7) is 1.06. The summed E-state index contributed by atoms with van der Waals surface area (Å²) in [6.07, 6.45) is 0. The number of ether oxygens (including phenoxy) is 4. The van der Waals surface area contributed by atoms with E-state index >= 15 is 0 Å². The first-order valence-electron chi connectivity index (χ1n) is 9.34. The second-order valence-electron chi connectivity index (χ2n) is 6.44. The molecule has 0 aromatic heterocycles. The molecule has 8 nitrogen and oxygen atoms in total. The molecule has 1 fully saturated rings. The predicted octanol–water partition coefficient (Wildman–Crippen LogP) is 3.26. The van der Waals surface area contributed by atoms with Crippen molar-refractivity contribution < 1.29 is 32.2 Å². The van der Waals surface area contributed by atoms with Crippen molar-refractivity contribution in [2.24, 2.45) is 0 Å². The Morgan fingerprint density at radius 1 is 1.06 bits per heavy atom. The molecule has 31 heavy (non-hydrogen) atoms. The number of nitrogens with zero attached hydrogens (tertiary/aromatic N) is 1. The highest BCUT2D eigenvalue weighted by atomic mass is 35.5. The minimum absolute atomic E-state index is 0.0577. The van der Waals surface area contributed by atoms with Crippen LogP contribution in [0.4, 0.5) is 0 Å². The Kier molecular flexibility index (Phi) is 8.01. The minimum Gasteiger partial charge on any atom is -0.495 e. The molecule has 0 N–H and O–H groups in total. The molecule has 0 spiro atoms. The summed E-state index contributed by atoms with van der Waals surface area (Å²) in [5.41, 5.74) is 0.0807. The van der Waals surface area contributed by atoms with Gasteiger partial charge in [-0.25, -0.2) is 13.2 Å². The second-order valence-corrected chi connectivity index (χ2v) is 9.19. The minimum atomic E-state index is -3.86. The number of methoxy groups -OCH3 is 1. The molecule has 0 unspecified atom stereocenters. The van der Waals surface area contributed by atoms with Crippen LogP contribution >= 0.6 is 23.2 Å². The molecule has 168 valence electrons. The van der Waals surface area contributed by atoms with Crippen LogP contribution in [0.1, 0.15) is 10.4 Å². The molecule has 0 amide bonds. The van der Waals surface area contributed by atoms with Crippen LogP contribution in [0.25, 0.3) is 0 Å². The van der Waals surface area contributed by atoms with E-state index in [9.17, 15) is 13.2 Å². The summed E-state index contributed by atoms with van der Waals surface area (Å²) in [6, 6.07) is 8.90. The van der Waals surface area contributed by atoms with E-state index in [1.54, 1.807) is 12.1 Å². The van der Waals surface area contributed by atoms with Gasteiger partial charge in [-0.15, -0.1) is 0 Å². The molecule has 2 aromatic carbocycles. The molecule has 1 heterocycles. The van der Waals surface area contributed by atoms with E-state index in [4.69, 9.17) is 42.1 Å². The lowest BCUT2D eigenvalue weighted by atomic mass is 10.2. The number of carbonyl (C=O) groups is 1. The fourth-order valence-electron chi connectivity index (χ4n) is 2.89. The molecular formula is C20H21Cl2NO7S. The first-order chi connectivity index (χ1) is 14.8. The number of hydrogen-bond acceptors (Lipinski definition) is 7. The highest BCUT2D eigenvalue weighted by Gasteiger charge is 2.30. The van der Waals surface area contributed by atoms with Gasteiger partial charge in [0, 0.05) is 18.1 Å². The van der Waals surface area contributed by atoms with E-state index in [1.807, 2.05) is 0 Å². The maximum atomic E-state index is 13.0. The Morgan fingerprint density at radius 3 is 2.45 bits per heavy atom. The summed E-state index contributed by atoms with van der Waals surface area (Å²) in [5, 5.41) is 0.818. The molecule has 0 atom stereocenters. The quantitative estimate of drug-likeness (QED) is 0.415. The van der Waals surface area contributed by atoms with Crippen molar-refractivity contribution in [3.05, 3.63) is 52.0 Å². The van der Waals surface area contributed by atoms with E-state index in [2.05, 4.69) is 0 Å². The van der Waals surface area contributed by atoms with Crippen LogP contribution in [0.5, 0.6) is 11.5 Å². The molecule has 1 aliphatic rings. The van der Waals surface area contributed by atoms with Crippen molar-refractivity contribution in [3.63, 3.8) is 0 Å². The van der Waals surface area contributed by atoms with Crippen LogP contribution in [0.3, 0.4) is 0 Å². The summed E-state index contributed by atoms with van der Waals surface area (Å²) >= 11 is 11.9. The summed E-state index contributed by atoms with van der Waals surface area (Å²) < 4.78 is 48.4. The Labute approximate surface area is 190 Å². The van der Waals surface area contributed by atoms with E-state index in [0.717, 1.165) is 0 Å². The number of morpholine rings is 1. The average molecular weight is 490 g/mol. The largest absolute Gasteiger partial charge is 0.495 e. The van der Waals surface area contributed by atoms with Gasteiger partial charge in [-0.3, -0.25) is 0 Å². The van der Waals surface area contributed by atoms with Gasteiger partial charge in [-0.05, 0) is 36.4 Å². The van der Waals surface area contributed by atoms with Crippen LogP contribution in [0.2, 0.25) is 10.0 Å². The third-order valence-corrected chi connectivity index (χ3v) is 6.91. The van der Waals surface area contributed by atoms with Crippen molar-refractivity contribution in [3.8, 4) is 11.5 Å². The zero-order chi connectivity index (χ0) is 22.4. The van der Waals surface area contributed by atoms with Crippen molar-refractivity contribution in [1.29, 1.82) is 0 Å². The van der Waals surface area contributed by atoms with Crippen molar-refractivity contribution >= 4 is 39.2 Å². The first-order valence-corrected chi connectivity index (χ1v) is 11.5. The molecule has 0 aliphatic carbocycles. The number of halogens is 2. The van der Waals surface area contributed by atoms with Gasteiger partial charge in [-0.1, -0.05) is 23.2 Å². The first kappa shape index (κ1) is 23.6. The lowest BCUT2D eigenvalue weighted by Crippen LogP contribution is -2.40. The van der Waals surface area contributed by atoms with Crippen molar-refractivity contribution in [1.82, 2.24) is 4.31 Å². The summed E-state index contributed by atoms with van der Waals surface area (Å²) in [7, 11) is -2.49. The highest BCUT2D eigenvalue weighted by Crippen LogP contribution is 2.29. The van der Waals surface area contributed by atoms with Crippen molar-refractivity contribution in [2.45, 2.75) is 4.90 Å². The van der Waals surface area contributed by atoms with Gasteiger partial charge in [0.1, 0.15) is 29.6 Å². The van der Waals surface area contributed by atoms with Gasteiger partial charge in [0.15, 0.2) is 0 Å². The molecule has 1 saturated heterocycles. The predicted molar refractivity (Wildman–Crippen MR) is 115 cm³/mol. The van der Waals surface area contributed by atoms with E-state index in [-0.39, 0.29) is 42.5 Å². The standard InChI is InChI=1S/C20H21Cl2NO7S/c1-27-18-4-2-14(12-19(18)31(25,26)23-6-8-28-9-7-23)20(24)30-11-10-29-17-5-3-15(21)13-16(17)22/h2-5,12-13H,6-11H2,1H3. The number of hydrogen-bond donors (Lipinski definition) is 0. The lowest BCUT2D eigenvalue weighted by Gasteiger charge is -2.26. The highest BCUT2D eigenvalue weighted by molar-refractivity contribution is 7.89. The van der Waals surface area contributed by atoms with Crippen LogP contribution < -0.4 is 9.47 Å². The molecule has 0 radical (unpaired) electrons. The topological polar surface area (TPSA) is 91.4 Å².